The van der Waals surface area contributed by atoms with Gasteiger partial charge in [-0.05, 0) is 36.2 Å². The molecule has 1 aromatic heterocycles. The number of nitrogens with one attached hydrogen (secondary N) is 1. The van der Waals surface area contributed by atoms with Crippen molar-refractivity contribution in [2.75, 3.05) is 5.75 Å². The maximum absolute atomic E-state index is 13.7. The molecule has 1 aliphatic heterocycles. The van der Waals surface area contributed by atoms with Crippen LogP contribution in [0.2, 0.25) is 0 Å². The van der Waals surface area contributed by atoms with E-state index in [1.807, 2.05) is 0 Å². The molecule has 0 saturated heterocycles. The van der Waals surface area contributed by atoms with Gasteiger partial charge in [0.05, 0.1) is 11.4 Å². The van der Waals surface area contributed by atoms with Crippen LogP contribution in [-0.2, 0) is 7.05 Å². The lowest BCUT2D eigenvalue weighted by Gasteiger charge is -2.26. The van der Waals surface area contributed by atoms with E-state index < -0.39 is 0 Å². The van der Waals surface area contributed by atoms with Crippen LogP contribution in [0.15, 0.2) is 52.2 Å². The van der Waals surface area contributed by atoms with Crippen molar-refractivity contribution in [3.63, 3.8) is 0 Å². The largest absolute Gasteiger partial charge is 0.344 e. The van der Waals surface area contributed by atoms with E-state index in [0.29, 0.717) is 17.2 Å². The third kappa shape index (κ3) is 2.88. The summed E-state index contributed by atoms with van der Waals surface area (Å²) in [7, 11) is 1.52. The average Bonchev–Trinajstić information content (AvgIpc) is 2.65. The second-order valence-corrected chi connectivity index (χ2v) is 7.31. The first-order chi connectivity index (χ1) is 12.5. The molecule has 4 rings (SSSR count). The Morgan fingerprint density at radius 1 is 1.27 bits per heavy atom. The first kappa shape index (κ1) is 16.8. The Kier molecular flexibility index (Phi) is 4.24. The van der Waals surface area contributed by atoms with Crippen molar-refractivity contribution in [2.45, 2.75) is 17.4 Å². The lowest BCUT2D eigenvalue weighted by molar-refractivity contribution is 0.0929. The minimum atomic E-state index is -0.371. The summed E-state index contributed by atoms with van der Waals surface area (Å²) in [5.74, 6) is 0.144. The van der Waals surface area contributed by atoms with Crippen molar-refractivity contribution in [3.8, 4) is 0 Å². The van der Waals surface area contributed by atoms with Crippen molar-refractivity contribution < 1.29 is 9.18 Å². The molecule has 2 aromatic carbocycles. The van der Waals surface area contributed by atoms with Crippen LogP contribution >= 0.6 is 11.8 Å². The molecular weight excluding hydrogens is 353 g/mol. The molecule has 132 valence electrons. The Morgan fingerprint density at radius 2 is 2.04 bits per heavy atom. The molecule has 5 nitrogen and oxygen atoms in total. The molecule has 3 aromatic rings. The first-order valence-corrected chi connectivity index (χ1v) is 9.22. The SMILES string of the molecule is Cn1nc(C(=O)N[C@H]2CCSc3ccc(F)cc32)c2ccccc2c1=O. The number of hydrogen-bond acceptors (Lipinski definition) is 4. The van der Waals surface area contributed by atoms with Gasteiger partial charge in [-0.25, -0.2) is 9.07 Å². The number of halogens is 1. The zero-order valence-electron chi connectivity index (χ0n) is 14.0. The minimum absolute atomic E-state index is 0.193. The molecule has 0 fully saturated rings. The summed E-state index contributed by atoms with van der Waals surface area (Å²) in [6, 6.07) is 11.3. The summed E-state index contributed by atoms with van der Waals surface area (Å²) in [5, 5.41) is 8.07. The van der Waals surface area contributed by atoms with E-state index in [2.05, 4.69) is 10.4 Å². The molecular formula is C19H16FN3O2S. The molecule has 0 radical (unpaired) electrons. The molecule has 1 atom stereocenters. The number of carbonyl (C=O) groups is 1. The van der Waals surface area contributed by atoms with Crippen LogP contribution in [0.5, 0.6) is 0 Å². The summed E-state index contributed by atoms with van der Waals surface area (Å²) in [6.45, 7) is 0. The maximum atomic E-state index is 13.7. The molecule has 7 heteroatoms. The smallest absolute Gasteiger partial charge is 0.274 e. The van der Waals surface area contributed by atoms with E-state index in [1.54, 1.807) is 42.1 Å². The van der Waals surface area contributed by atoms with Crippen molar-refractivity contribution in [3.05, 3.63) is 69.9 Å². The number of benzene rings is 2. The van der Waals surface area contributed by atoms with Gasteiger partial charge in [-0.1, -0.05) is 18.2 Å². The molecule has 0 aliphatic carbocycles. The predicted octanol–water partition coefficient (Wildman–Crippen LogP) is 3.04. The van der Waals surface area contributed by atoms with Gasteiger partial charge in [0.25, 0.3) is 11.5 Å². The Balaban J connectivity index is 1.73. The number of thioether (sulfide) groups is 1. The topological polar surface area (TPSA) is 64.0 Å². The molecule has 26 heavy (non-hydrogen) atoms. The quantitative estimate of drug-likeness (QED) is 0.754. The average molecular weight is 369 g/mol. The van der Waals surface area contributed by atoms with Crippen LogP contribution in [0.1, 0.15) is 28.5 Å². The fraction of sp³-hybridized carbons (Fsp3) is 0.211. The van der Waals surface area contributed by atoms with Crippen LogP contribution < -0.4 is 10.9 Å². The number of nitrogens with zero attached hydrogens (tertiary/aromatic N) is 2. The highest BCUT2D eigenvalue weighted by Crippen LogP contribution is 2.36. The molecule has 1 amide bonds. The van der Waals surface area contributed by atoms with Gasteiger partial charge < -0.3 is 5.32 Å². The Labute approximate surface area is 153 Å². The number of aromatic nitrogens is 2. The highest BCUT2D eigenvalue weighted by atomic mass is 32.2. The van der Waals surface area contributed by atoms with Gasteiger partial charge in [0.15, 0.2) is 5.69 Å². The molecule has 0 bridgehead atoms. The molecule has 1 N–H and O–H groups in total. The van der Waals surface area contributed by atoms with Gasteiger partial charge in [0.2, 0.25) is 0 Å². The molecule has 1 aliphatic rings. The fourth-order valence-electron chi connectivity index (χ4n) is 3.21. The van der Waals surface area contributed by atoms with Gasteiger partial charge in [-0.3, -0.25) is 9.59 Å². The van der Waals surface area contributed by atoms with Crippen molar-refractivity contribution in [1.29, 1.82) is 0 Å². The van der Waals surface area contributed by atoms with Crippen molar-refractivity contribution in [2.24, 2.45) is 7.05 Å². The van der Waals surface area contributed by atoms with Crippen molar-refractivity contribution in [1.82, 2.24) is 15.1 Å². The Morgan fingerprint density at radius 3 is 2.85 bits per heavy atom. The number of hydrogen-bond donors (Lipinski definition) is 1. The van der Waals surface area contributed by atoms with E-state index in [4.69, 9.17) is 0 Å². The first-order valence-electron chi connectivity index (χ1n) is 8.24. The van der Waals surface area contributed by atoms with Gasteiger partial charge >= 0.3 is 0 Å². The highest BCUT2D eigenvalue weighted by molar-refractivity contribution is 7.99. The molecule has 0 unspecified atom stereocenters. The lowest BCUT2D eigenvalue weighted by atomic mass is 10.0. The zero-order valence-corrected chi connectivity index (χ0v) is 14.8. The number of aryl methyl sites for hydroxylation is 1. The lowest BCUT2D eigenvalue weighted by Crippen LogP contribution is -2.33. The van der Waals surface area contributed by atoms with E-state index in [-0.39, 0.29) is 29.0 Å². The van der Waals surface area contributed by atoms with Crippen LogP contribution in [-0.4, -0.2) is 21.4 Å². The Hall–Kier alpha value is -2.67. The Bertz CT molecular complexity index is 1080. The summed E-state index contributed by atoms with van der Waals surface area (Å²) < 4.78 is 14.8. The third-order valence-corrected chi connectivity index (χ3v) is 5.61. The summed E-state index contributed by atoms with van der Waals surface area (Å²) in [4.78, 5) is 26.1. The second kappa shape index (κ2) is 6.57. The standard InChI is InChI=1S/C19H16FN3O2S/c1-23-19(25)13-5-3-2-4-12(13)17(22-23)18(24)21-15-8-9-26-16-7-6-11(20)10-14(15)16/h2-7,10,15H,8-9H2,1H3,(H,21,24)/t15-/m0/s1. The van der Waals surface area contributed by atoms with Crippen molar-refractivity contribution >= 4 is 28.4 Å². The van der Waals surface area contributed by atoms with Crippen LogP contribution in [0.3, 0.4) is 0 Å². The van der Waals surface area contributed by atoms with E-state index >= 15 is 0 Å². The number of rotatable bonds is 2. The van der Waals surface area contributed by atoms with Gasteiger partial charge in [-0.15, -0.1) is 11.8 Å². The maximum Gasteiger partial charge on any atom is 0.274 e. The van der Waals surface area contributed by atoms with Gasteiger partial charge in [0, 0.05) is 23.1 Å². The fourth-order valence-corrected chi connectivity index (χ4v) is 4.31. The van der Waals surface area contributed by atoms with Crippen LogP contribution in [0, 0.1) is 5.82 Å². The van der Waals surface area contributed by atoms with E-state index in [1.165, 1.54) is 23.9 Å². The van der Waals surface area contributed by atoms with Crippen LogP contribution in [0.25, 0.3) is 10.8 Å². The monoisotopic (exact) mass is 369 g/mol. The number of amides is 1. The van der Waals surface area contributed by atoms with E-state index in [9.17, 15) is 14.0 Å². The molecule has 2 heterocycles. The number of carbonyl (C=O) groups excluding carboxylic acids is 1. The van der Waals surface area contributed by atoms with E-state index in [0.717, 1.165) is 16.2 Å². The molecule has 0 saturated carbocycles. The van der Waals surface area contributed by atoms with Gasteiger partial charge in [0.1, 0.15) is 5.82 Å². The second-order valence-electron chi connectivity index (χ2n) is 6.17. The summed E-state index contributed by atoms with van der Waals surface area (Å²) in [5.41, 5.74) is 0.723. The third-order valence-electron chi connectivity index (χ3n) is 4.49. The normalized spacial score (nSPS) is 16.3. The summed E-state index contributed by atoms with van der Waals surface area (Å²) >= 11 is 1.65. The number of fused-ring (bicyclic) bond motifs is 2. The summed E-state index contributed by atoms with van der Waals surface area (Å²) in [6.07, 6.45) is 0.705. The predicted molar refractivity (Wildman–Crippen MR) is 98.9 cm³/mol. The van der Waals surface area contributed by atoms with Gasteiger partial charge in [-0.2, -0.15) is 5.10 Å². The highest BCUT2D eigenvalue weighted by Gasteiger charge is 2.25. The molecule has 0 spiro atoms. The minimum Gasteiger partial charge on any atom is -0.344 e. The van der Waals surface area contributed by atoms with Crippen LogP contribution in [0.4, 0.5) is 4.39 Å². The zero-order chi connectivity index (χ0) is 18.3.